The topological polar surface area (TPSA) is 58.9 Å². The van der Waals surface area contributed by atoms with Crippen LogP contribution in [0.15, 0.2) is 24.8 Å². The minimum Gasteiger partial charge on any atom is -0.346 e. The quantitative estimate of drug-likeness (QED) is 0.829. The fourth-order valence-corrected chi connectivity index (χ4v) is 2.39. The number of aromatic nitrogens is 4. The third kappa shape index (κ3) is 2.80. The highest BCUT2D eigenvalue weighted by molar-refractivity contribution is 5.37. The average Bonchev–Trinajstić information content (AvgIpc) is 2.95. The van der Waals surface area contributed by atoms with Crippen molar-refractivity contribution in [3.8, 4) is 0 Å². The third-order valence-electron chi connectivity index (χ3n) is 3.47. The number of rotatable bonds is 5. The summed E-state index contributed by atoms with van der Waals surface area (Å²) >= 11 is 0. The molecule has 2 aromatic rings. The lowest BCUT2D eigenvalue weighted by Gasteiger charge is -2.28. The van der Waals surface area contributed by atoms with E-state index in [1.54, 1.807) is 0 Å². The van der Waals surface area contributed by atoms with Gasteiger partial charge >= 0.3 is 0 Å². The van der Waals surface area contributed by atoms with Crippen LogP contribution in [-0.2, 0) is 19.6 Å². The standard InChI is InChI=1S/C14H20N6/c1-2-3-15-8-12-9-16-10-13(18-12)20-7-6-19-5-4-17-14(19)11-20/h4-5,9-10,15H,2-3,6-8,11H2,1H3. The number of imidazole rings is 1. The van der Waals surface area contributed by atoms with E-state index in [2.05, 4.69) is 36.7 Å². The molecule has 3 rings (SSSR count). The van der Waals surface area contributed by atoms with E-state index in [4.69, 9.17) is 0 Å². The zero-order chi connectivity index (χ0) is 13.8. The Morgan fingerprint density at radius 1 is 1.30 bits per heavy atom. The lowest BCUT2D eigenvalue weighted by molar-refractivity contribution is 0.554. The summed E-state index contributed by atoms with van der Waals surface area (Å²) in [4.78, 5) is 15.6. The van der Waals surface area contributed by atoms with Crippen molar-refractivity contribution in [3.63, 3.8) is 0 Å². The number of fused-ring (bicyclic) bond motifs is 1. The highest BCUT2D eigenvalue weighted by Crippen LogP contribution is 2.17. The molecule has 3 heterocycles. The van der Waals surface area contributed by atoms with Crippen LogP contribution in [0, 0.1) is 0 Å². The van der Waals surface area contributed by atoms with Gasteiger partial charge in [0.2, 0.25) is 0 Å². The Kier molecular flexibility index (Phi) is 3.92. The van der Waals surface area contributed by atoms with Gasteiger partial charge in [-0.3, -0.25) is 4.98 Å². The monoisotopic (exact) mass is 272 g/mol. The van der Waals surface area contributed by atoms with E-state index in [-0.39, 0.29) is 0 Å². The first-order chi connectivity index (χ1) is 9.86. The van der Waals surface area contributed by atoms with Crippen LogP contribution in [-0.4, -0.2) is 32.6 Å². The molecule has 0 fully saturated rings. The molecule has 1 aliphatic heterocycles. The summed E-state index contributed by atoms with van der Waals surface area (Å²) in [6, 6.07) is 0. The molecular weight excluding hydrogens is 252 g/mol. The Bertz CT molecular complexity index is 564. The molecule has 0 aliphatic carbocycles. The maximum atomic E-state index is 4.69. The second kappa shape index (κ2) is 6.00. The van der Waals surface area contributed by atoms with Crippen molar-refractivity contribution < 1.29 is 0 Å². The molecule has 20 heavy (non-hydrogen) atoms. The second-order valence-electron chi connectivity index (χ2n) is 5.00. The molecule has 2 aromatic heterocycles. The van der Waals surface area contributed by atoms with Gasteiger partial charge < -0.3 is 14.8 Å². The molecular formula is C14H20N6. The van der Waals surface area contributed by atoms with Crippen LogP contribution in [0.25, 0.3) is 0 Å². The van der Waals surface area contributed by atoms with Gasteiger partial charge in [-0.05, 0) is 13.0 Å². The van der Waals surface area contributed by atoms with Gasteiger partial charge in [0, 0.05) is 38.2 Å². The predicted molar refractivity (Wildman–Crippen MR) is 77.3 cm³/mol. The minimum atomic E-state index is 0.775. The summed E-state index contributed by atoms with van der Waals surface area (Å²) in [6.45, 7) is 6.64. The zero-order valence-corrected chi connectivity index (χ0v) is 11.8. The molecule has 0 saturated carbocycles. The second-order valence-corrected chi connectivity index (χ2v) is 5.00. The summed E-state index contributed by atoms with van der Waals surface area (Å²) < 4.78 is 2.19. The van der Waals surface area contributed by atoms with Crippen LogP contribution >= 0.6 is 0 Å². The highest BCUT2D eigenvalue weighted by Gasteiger charge is 2.18. The van der Waals surface area contributed by atoms with Gasteiger partial charge in [0.25, 0.3) is 0 Å². The Hall–Kier alpha value is -1.95. The van der Waals surface area contributed by atoms with Crippen molar-refractivity contribution in [3.05, 3.63) is 36.3 Å². The van der Waals surface area contributed by atoms with Crippen LogP contribution in [0.5, 0.6) is 0 Å². The summed E-state index contributed by atoms with van der Waals surface area (Å²) in [5, 5.41) is 3.36. The number of hydrogen-bond donors (Lipinski definition) is 1. The lowest BCUT2D eigenvalue weighted by Crippen LogP contribution is -2.34. The molecule has 1 N–H and O–H groups in total. The third-order valence-corrected chi connectivity index (χ3v) is 3.47. The lowest BCUT2D eigenvalue weighted by atomic mass is 10.3. The summed E-state index contributed by atoms with van der Waals surface area (Å²) in [6.07, 6.45) is 8.68. The van der Waals surface area contributed by atoms with Gasteiger partial charge in [-0.1, -0.05) is 6.92 Å². The maximum Gasteiger partial charge on any atom is 0.147 e. The Balaban J connectivity index is 1.70. The molecule has 0 unspecified atom stereocenters. The molecule has 0 atom stereocenters. The van der Waals surface area contributed by atoms with Gasteiger partial charge in [0.1, 0.15) is 11.6 Å². The number of nitrogens with one attached hydrogen (secondary N) is 1. The fourth-order valence-electron chi connectivity index (χ4n) is 2.39. The van der Waals surface area contributed by atoms with Crippen molar-refractivity contribution in [1.29, 1.82) is 0 Å². The SMILES string of the molecule is CCCNCc1cncc(N2CCn3ccnc3C2)n1. The normalized spacial score (nSPS) is 14.3. The van der Waals surface area contributed by atoms with Crippen LogP contribution in [0.1, 0.15) is 24.9 Å². The molecule has 0 saturated heterocycles. The first kappa shape index (κ1) is 13.1. The van der Waals surface area contributed by atoms with Crippen molar-refractivity contribution in [1.82, 2.24) is 24.8 Å². The van der Waals surface area contributed by atoms with Crippen molar-refractivity contribution in [2.24, 2.45) is 0 Å². The van der Waals surface area contributed by atoms with Gasteiger partial charge in [-0.15, -0.1) is 0 Å². The highest BCUT2D eigenvalue weighted by atomic mass is 15.3. The van der Waals surface area contributed by atoms with E-state index >= 15 is 0 Å². The average molecular weight is 272 g/mol. The van der Waals surface area contributed by atoms with E-state index in [0.29, 0.717) is 0 Å². The van der Waals surface area contributed by atoms with Crippen molar-refractivity contribution >= 4 is 5.82 Å². The molecule has 1 aliphatic rings. The Morgan fingerprint density at radius 3 is 3.15 bits per heavy atom. The molecule has 0 bridgehead atoms. The molecule has 0 amide bonds. The van der Waals surface area contributed by atoms with Crippen LogP contribution < -0.4 is 10.2 Å². The summed E-state index contributed by atoms with van der Waals surface area (Å²) in [5.41, 5.74) is 0.991. The summed E-state index contributed by atoms with van der Waals surface area (Å²) in [7, 11) is 0. The Morgan fingerprint density at radius 2 is 2.25 bits per heavy atom. The maximum absolute atomic E-state index is 4.69. The Labute approximate surface area is 118 Å². The summed E-state index contributed by atoms with van der Waals surface area (Å²) in [5.74, 6) is 2.03. The molecule has 0 aromatic carbocycles. The van der Waals surface area contributed by atoms with Gasteiger partial charge in [-0.25, -0.2) is 9.97 Å². The minimum absolute atomic E-state index is 0.775. The van der Waals surface area contributed by atoms with Gasteiger partial charge in [-0.2, -0.15) is 0 Å². The van der Waals surface area contributed by atoms with E-state index in [1.807, 2.05) is 24.8 Å². The molecule has 0 radical (unpaired) electrons. The van der Waals surface area contributed by atoms with Crippen LogP contribution in [0.2, 0.25) is 0 Å². The number of anilines is 1. The van der Waals surface area contributed by atoms with E-state index in [1.165, 1.54) is 0 Å². The predicted octanol–water partition coefficient (Wildman–Crippen LogP) is 1.19. The van der Waals surface area contributed by atoms with Crippen molar-refractivity contribution in [2.75, 3.05) is 18.0 Å². The molecule has 0 spiro atoms. The smallest absolute Gasteiger partial charge is 0.147 e. The largest absolute Gasteiger partial charge is 0.346 e. The molecule has 6 nitrogen and oxygen atoms in total. The first-order valence-corrected chi connectivity index (χ1v) is 7.13. The van der Waals surface area contributed by atoms with Crippen LogP contribution in [0.3, 0.4) is 0 Å². The first-order valence-electron chi connectivity index (χ1n) is 7.13. The van der Waals surface area contributed by atoms with Gasteiger partial charge in [0.05, 0.1) is 18.4 Å². The van der Waals surface area contributed by atoms with Crippen LogP contribution in [0.4, 0.5) is 5.82 Å². The number of nitrogens with zero attached hydrogens (tertiary/aromatic N) is 5. The van der Waals surface area contributed by atoms with E-state index < -0.39 is 0 Å². The molecule has 106 valence electrons. The fraction of sp³-hybridized carbons (Fsp3) is 0.500. The van der Waals surface area contributed by atoms with Crippen molar-refractivity contribution in [2.45, 2.75) is 33.0 Å². The molecule has 6 heteroatoms. The van der Waals surface area contributed by atoms with Gasteiger partial charge in [0.15, 0.2) is 0 Å². The zero-order valence-electron chi connectivity index (χ0n) is 11.8. The van der Waals surface area contributed by atoms with E-state index in [0.717, 1.165) is 56.5 Å². The van der Waals surface area contributed by atoms with E-state index in [9.17, 15) is 0 Å². The number of hydrogen-bond acceptors (Lipinski definition) is 5.